The lowest BCUT2D eigenvalue weighted by molar-refractivity contribution is 0.0690. The number of hydrogen-bond acceptors (Lipinski definition) is 1. The van der Waals surface area contributed by atoms with E-state index in [4.69, 9.17) is 16.7 Å². The van der Waals surface area contributed by atoms with E-state index in [1.807, 2.05) is 0 Å². The molecule has 0 atom stereocenters. The van der Waals surface area contributed by atoms with Crippen LogP contribution in [0.3, 0.4) is 0 Å². The number of aromatic carboxylic acids is 1. The lowest BCUT2D eigenvalue weighted by atomic mass is 10.2. The summed E-state index contributed by atoms with van der Waals surface area (Å²) in [5.41, 5.74) is -0.764. The second-order valence-electron chi connectivity index (χ2n) is 2.05. The zero-order chi connectivity index (χ0) is 9.30. The van der Waals surface area contributed by atoms with Crippen LogP contribution < -0.4 is 0 Å². The van der Waals surface area contributed by atoms with Crippen molar-refractivity contribution in [3.8, 4) is 0 Å². The summed E-state index contributed by atoms with van der Waals surface area (Å²) in [6, 6.07) is 1.56. The predicted octanol–water partition coefficient (Wildman–Crippen LogP) is 2.32. The van der Waals surface area contributed by atoms with E-state index < -0.39 is 23.2 Å². The van der Waals surface area contributed by atoms with Gasteiger partial charge in [0.05, 0.1) is 5.56 Å². The molecular weight excluding hydrogens is 190 g/mol. The Hall–Kier alpha value is -1.16. The Morgan fingerprint density at radius 1 is 1.42 bits per heavy atom. The Bertz CT molecular complexity index is 338. The molecule has 0 aliphatic carbocycles. The molecule has 0 radical (unpaired) electrons. The minimum absolute atomic E-state index is 0.147. The van der Waals surface area contributed by atoms with E-state index >= 15 is 0 Å². The molecule has 5 heteroatoms. The Balaban J connectivity index is 3.37. The molecule has 1 aromatic carbocycles. The van der Waals surface area contributed by atoms with Crippen molar-refractivity contribution in [3.63, 3.8) is 0 Å². The minimum atomic E-state index is -1.55. The molecule has 2 nitrogen and oxygen atoms in total. The van der Waals surface area contributed by atoms with Crippen molar-refractivity contribution >= 4 is 17.6 Å². The van der Waals surface area contributed by atoms with Crippen molar-refractivity contribution in [2.75, 3.05) is 0 Å². The van der Waals surface area contributed by atoms with E-state index in [9.17, 15) is 13.6 Å². The molecule has 0 aliphatic heterocycles. The van der Waals surface area contributed by atoms with Crippen LogP contribution in [0.4, 0.5) is 8.78 Å². The summed E-state index contributed by atoms with van der Waals surface area (Å²) in [6.07, 6.45) is 0. The van der Waals surface area contributed by atoms with Crippen LogP contribution in [-0.4, -0.2) is 11.1 Å². The van der Waals surface area contributed by atoms with E-state index in [-0.39, 0.29) is 5.02 Å². The smallest absolute Gasteiger partial charge is 0.338 e. The Kier molecular flexibility index (Phi) is 2.28. The van der Waals surface area contributed by atoms with Gasteiger partial charge in [-0.1, -0.05) is 11.6 Å². The van der Waals surface area contributed by atoms with E-state index in [0.717, 1.165) is 6.07 Å². The summed E-state index contributed by atoms with van der Waals surface area (Å²) in [4.78, 5) is 10.3. The first-order chi connectivity index (χ1) is 5.52. The molecule has 0 saturated carbocycles. The number of benzene rings is 1. The molecule has 0 saturated heterocycles. The van der Waals surface area contributed by atoms with Crippen molar-refractivity contribution in [1.82, 2.24) is 0 Å². The zero-order valence-electron chi connectivity index (χ0n) is 5.64. The highest BCUT2D eigenvalue weighted by molar-refractivity contribution is 6.30. The Morgan fingerprint density at radius 2 is 2.00 bits per heavy atom. The molecule has 0 aromatic heterocycles. The first kappa shape index (κ1) is 8.93. The third-order valence-electron chi connectivity index (χ3n) is 1.22. The van der Waals surface area contributed by atoms with Gasteiger partial charge in [0, 0.05) is 5.02 Å². The second-order valence-corrected chi connectivity index (χ2v) is 2.49. The fraction of sp³-hybridized carbons (Fsp3) is 0. The summed E-state index contributed by atoms with van der Waals surface area (Å²) in [6.45, 7) is 0. The van der Waals surface area contributed by atoms with Crippen LogP contribution in [0.1, 0.15) is 10.4 Å². The Morgan fingerprint density at radius 3 is 2.50 bits per heavy atom. The second kappa shape index (κ2) is 3.06. The SMILES string of the molecule is O=C(O)c1cc(Cl)cc(F)c1F. The molecule has 1 aromatic rings. The van der Waals surface area contributed by atoms with Crippen LogP contribution in [-0.2, 0) is 0 Å². The molecule has 0 amide bonds. The summed E-state index contributed by atoms with van der Waals surface area (Å²) in [5, 5.41) is 8.20. The molecule has 0 heterocycles. The van der Waals surface area contributed by atoms with Gasteiger partial charge >= 0.3 is 5.97 Å². The molecule has 0 spiro atoms. The molecule has 0 fully saturated rings. The minimum Gasteiger partial charge on any atom is -0.478 e. The van der Waals surface area contributed by atoms with Gasteiger partial charge in [-0.3, -0.25) is 0 Å². The largest absolute Gasteiger partial charge is 0.478 e. The van der Waals surface area contributed by atoms with Crippen molar-refractivity contribution in [2.24, 2.45) is 0 Å². The number of rotatable bonds is 1. The van der Waals surface area contributed by atoms with Crippen molar-refractivity contribution in [2.45, 2.75) is 0 Å². The van der Waals surface area contributed by atoms with Gasteiger partial charge in [0.2, 0.25) is 0 Å². The fourth-order valence-electron chi connectivity index (χ4n) is 0.712. The Labute approximate surface area is 71.4 Å². The van der Waals surface area contributed by atoms with Gasteiger partial charge in [0.25, 0.3) is 0 Å². The summed E-state index contributed by atoms with van der Waals surface area (Å²) < 4.78 is 25.1. The molecule has 0 aliphatic rings. The number of halogens is 3. The van der Waals surface area contributed by atoms with Crippen LogP contribution >= 0.6 is 11.6 Å². The van der Waals surface area contributed by atoms with Crippen molar-refractivity contribution in [3.05, 3.63) is 34.4 Å². The van der Waals surface area contributed by atoms with Gasteiger partial charge in [0.1, 0.15) is 0 Å². The highest BCUT2D eigenvalue weighted by Crippen LogP contribution is 2.18. The molecule has 64 valence electrons. The van der Waals surface area contributed by atoms with Crippen molar-refractivity contribution in [1.29, 1.82) is 0 Å². The molecule has 0 bridgehead atoms. The number of carbonyl (C=O) groups is 1. The molecule has 1 rings (SSSR count). The van der Waals surface area contributed by atoms with Gasteiger partial charge in [-0.25, -0.2) is 13.6 Å². The third kappa shape index (κ3) is 1.53. The van der Waals surface area contributed by atoms with E-state index in [2.05, 4.69) is 0 Å². The van der Waals surface area contributed by atoms with E-state index in [0.29, 0.717) is 6.07 Å². The summed E-state index contributed by atoms with van der Waals surface area (Å²) in [7, 11) is 0. The molecule has 0 unspecified atom stereocenters. The topological polar surface area (TPSA) is 37.3 Å². The number of carboxylic acid groups (broad SMARTS) is 1. The number of hydrogen-bond donors (Lipinski definition) is 1. The maximum atomic E-state index is 12.6. The van der Waals surface area contributed by atoms with E-state index in [1.165, 1.54) is 0 Å². The van der Waals surface area contributed by atoms with Crippen LogP contribution in [0.15, 0.2) is 12.1 Å². The van der Waals surface area contributed by atoms with Gasteiger partial charge in [-0.2, -0.15) is 0 Å². The zero-order valence-corrected chi connectivity index (χ0v) is 6.40. The summed E-state index contributed by atoms with van der Waals surface area (Å²) >= 11 is 5.30. The molecular formula is C7H3ClF2O2. The van der Waals surface area contributed by atoms with Gasteiger partial charge < -0.3 is 5.11 Å². The van der Waals surface area contributed by atoms with E-state index in [1.54, 1.807) is 0 Å². The maximum Gasteiger partial charge on any atom is 0.338 e. The highest BCUT2D eigenvalue weighted by atomic mass is 35.5. The first-order valence-electron chi connectivity index (χ1n) is 2.90. The van der Waals surface area contributed by atoms with Crippen LogP contribution in [0, 0.1) is 11.6 Å². The van der Waals surface area contributed by atoms with Crippen molar-refractivity contribution < 1.29 is 18.7 Å². The van der Waals surface area contributed by atoms with Gasteiger partial charge in [-0.15, -0.1) is 0 Å². The van der Waals surface area contributed by atoms with Gasteiger partial charge in [-0.05, 0) is 12.1 Å². The quantitative estimate of drug-likeness (QED) is 0.694. The fourth-order valence-corrected chi connectivity index (χ4v) is 0.917. The first-order valence-corrected chi connectivity index (χ1v) is 3.28. The van der Waals surface area contributed by atoms with Crippen LogP contribution in [0.2, 0.25) is 5.02 Å². The van der Waals surface area contributed by atoms with Crippen LogP contribution in [0.5, 0.6) is 0 Å². The third-order valence-corrected chi connectivity index (χ3v) is 1.44. The molecule has 12 heavy (non-hydrogen) atoms. The lowest BCUT2D eigenvalue weighted by Crippen LogP contribution is -2.02. The molecule has 1 N–H and O–H groups in total. The average molecular weight is 193 g/mol. The number of carboxylic acids is 1. The normalized spacial score (nSPS) is 9.92. The van der Waals surface area contributed by atoms with Gasteiger partial charge in [0.15, 0.2) is 11.6 Å². The van der Waals surface area contributed by atoms with Crippen LogP contribution in [0.25, 0.3) is 0 Å². The standard InChI is InChI=1S/C7H3ClF2O2/c8-3-1-4(7(11)12)6(10)5(9)2-3/h1-2H,(H,11,12). The average Bonchev–Trinajstić information content (AvgIpc) is 1.96. The maximum absolute atomic E-state index is 12.6. The highest BCUT2D eigenvalue weighted by Gasteiger charge is 2.15. The predicted molar refractivity (Wildman–Crippen MR) is 38.3 cm³/mol. The summed E-state index contributed by atoms with van der Waals surface area (Å²) in [5.74, 6) is -4.21. The lowest BCUT2D eigenvalue weighted by Gasteiger charge is -1.98. The monoisotopic (exact) mass is 192 g/mol.